The Balaban J connectivity index is 1.94. The molecule has 3 aromatic rings. The molecule has 0 aliphatic rings. The molecule has 0 saturated carbocycles. The standard InChI is InChI=1S/C15H13FN4O/c1-19-8-12(6-17-19)15-13(10-21)9-20(18-15)7-11-3-2-4-14(16)5-11/h2-6,8-10H,7H2,1H3. The minimum absolute atomic E-state index is 0.289. The first-order valence-electron chi connectivity index (χ1n) is 6.42. The van der Waals surface area contributed by atoms with Gasteiger partial charge in [0.2, 0.25) is 0 Å². The molecule has 0 aliphatic heterocycles. The summed E-state index contributed by atoms with van der Waals surface area (Å²) in [5.41, 5.74) is 2.62. The third kappa shape index (κ3) is 2.74. The molecule has 3 rings (SSSR count). The predicted octanol–water partition coefficient (Wildman–Crippen LogP) is 2.28. The van der Waals surface area contributed by atoms with E-state index >= 15 is 0 Å². The second-order valence-electron chi connectivity index (χ2n) is 4.78. The van der Waals surface area contributed by atoms with E-state index in [4.69, 9.17) is 0 Å². The number of halogens is 1. The molecule has 0 unspecified atom stereocenters. The molecule has 2 heterocycles. The van der Waals surface area contributed by atoms with E-state index in [0.717, 1.165) is 17.4 Å². The average molecular weight is 284 g/mol. The van der Waals surface area contributed by atoms with Crippen LogP contribution >= 0.6 is 0 Å². The molecule has 0 amide bonds. The Kier molecular flexibility index (Phi) is 3.35. The number of aryl methyl sites for hydroxylation is 1. The molecule has 1 aromatic carbocycles. The number of aldehydes is 1. The Labute approximate surface area is 120 Å². The highest BCUT2D eigenvalue weighted by atomic mass is 19.1. The molecule has 0 atom stereocenters. The Morgan fingerprint density at radius 3 is 2.86 bits per heavy atom. The molecule has 6 heteroatoms. The molecule has 5 nitrogen and oxygen atoms in total. The summed E-state index contributed by atoms with van der Waals surface area (Å²) in [5.74, 6) is -0.289. The van der Waals surface area contributed by atoms with Crippen LogP contribution in [0.2, 0.25) is 0 Å². The van der Waals surface area contributed by atoms with Gasteiger partial charge < -0.3 is 0 Å². The van der Waals surface area contributed by atoms with Gasteiger partial charge in [0.15, 0.2) is 6.29 Å². The summed E-state index contributed by atoms with van der Waals surface area (Å²) in [6, 6.07) is 6.31. The first-order chi connectivity index (χ1) is 10.2. The second-order valence-corrected chi connectivity index (χ2v) is 4.78. The van der Waals surface area contributed by atoms with E-state index in [1.54, 1.807) is 41.1 Å². The molecule has 2 aromatic heterocycles. The maximum atomic E-state index is 13.2. The molecule has 106 valence electrons. The van der Waals surface area contributed by atoms with E-state index in [1.165, 1.54) is 12.1 Å². The summed E-state index contributed by atoms with van der Waals surface area (Å²) in [5, 5.41) is 8.47. The predicted molar refractivity (Wildman–Crippen MR) is 75.3 cm³/mol. The highest BCUT2D eigenvalue weighted by molar-refractivity contribution is 5.85. The van der Waals surface area contributed by atoms with Crippen LogP contribution in [0.3, 0.4) is 0 Å². The van der Waals surface area contributed by atoms with Gasteiger partial charge in [0.1, 0.15) is 11.5 Å². The number of hydrogen-bond donors (Lipinski definition) is 0. The highest BCUT2D eigenvalue weighted by Crippen LogP contribution is 2.20. The molecule has 0 bridgehead atoms. The van der Waals surface area contributed by atoms with Gasteiger partial charge in [-0.3, -0.25) is 14.2 Å². The Hall–Kier alpha value is -2.76. The van der Waals surface area contributed by atoms with Gasteiger partial charge in [0, 0.05) is 25.0 Å². The van der Waals surface area contributed by atoms with Crippen LogP contribution in [0, 0.1) is 5.82 Å². The van der Waals surface area contributed by atoms with Crippen LogP contribution in [0.1, 0.15) is 15.9 Å². The van der Waals surface area contributed by atoms with Gasteiger partial charge in [-0.2, -0.15) is 10.2 Å². The molecular formula is C15H13FN4O. The van der Waals surface area contributed by atoms with E-state index in [0.29, 0.717) is 17.8 Å². The number of nitrogens with zero attached hydrogens (tertiary/aromatic N) is 4. The van der Waals surface area contributed by atoms with Crippen molar-refractivity contribution in [1.82, 2.24) is 19.6 Å². The zero-order valence-electron chi connectivity index (χ0n) is 11.4. The third-order valence-electron chi connectivity index (χ3n) is 3.13. The summed E-state index contributed by atoms with van der Waals surface area (Å²) >= 11 is 0. The fraction of sp³-hybridized carbons (Fsp3) is 0.133. The summed E-state index contributed by atoms with van der Waals surface area (Å²) in [4.78, 5) is 11.2. The number of carbonyl (C=O) groups is 1. The van der Waals surface area contributed by atoms with Crippen molar-refractivity contribution in [3.05, 3.63) is 59.8 Å². The summed E-state index contributed by atoms with van der Waals surface area (Å²) < 4.78 is 16.5. The fourth-order valence-electron chi connectivity index (χ4n) is 2.19. The van der Waals surface area contributed by atoms with E-state index in [9.17, 15) is 9.18 Å². The van der Waals surface area contributed by atoms with Crippen molar-refractivity contribution in [3.8, 4) is 11.3 Å². The molecule has 21 heavy (non-hydrogen) atoms. The van der Waals surface area contributed by atoms with Gasteiger partial charge >= 0.3 is 0 Å². The zero-order chi connectivity index (χ0) is 14.8. The summed E-state index contributed by atoms with van der Waals surface area (Å²) in [6.45, 7) is 0.402. The van der Waals surface area contributed by atoms with Crippen LogP contribution in [0.5, 0.6) is 0 Å². The van der Waals surface area contributed by atoms with Crippen molar-refractivity contribution in [2.45, 2.75) is 6.54 Å². The van der Waals surface area contributed by atoms with Crippen LogP contribution in [0.4, 0.5) is 4.39 Å². The molecule has 0 N–H and O–H groups in total. The Morgan fingerprint density at radius 1 is 1.33 bits per heavy atom. The lowest BCUT2D eigenvalue weighted by Gasteiger charge is -2.01. The SMILES string of the molecule is Cn1cc(-c2nn(Cc3cccc(F)c3)cc2C=O)cn1. The number of aromatic nitrogens is 4. The number of rotatable bonds is 4. The molecule has 0 aliphatic carbocycles. The van der Waals surface area contributed by atoms with Gasteiger partial charge in [-0.1, -0.05) is 12.1 Å². The largest absolute Gasteiger partial charge is 0.298 e. The maximum absolute atomic E-state index is 13.2. The zero-order valence-corrected chi connectivity index (χ0v) is 11.4. The minimum Gasteiger partial charge on any atom is -0.298 e. The summed E-state index contributed by atoms with van der Waals surface area (Å²) in [7, 11) is 1.80. The molecule has 0 radical (unpaired) electrons. The van der Waals surface area contributed by atoms with Crippen LogP contribution in [0.25, 0.3) is 11.3 Å². The maximum Gasteiger partial charge on any atom is 0.153 e. The van der Waals surface area contributed by atoms with Crippen LogP contribution in [-0.4, -0.2) is 25.8 Å². The molecule has 0 saturated heterocycles. The quantitative estimate of drug-likeness (QED) is 0.691. The van der Waals surface area contributed by atoms with Crippen molar-refractivity contribution in [3.63, 3.8) is 0 Å². The monoisotopic (exact) mass is 284 g/mol. The first-order valence-corrected chi connectivity index (χ1v) is 6.42. The number of hydrogen-bond acceptors (Lipinski definition) is 3. The van der Waals surface area contributed by atoms with Crippen molar-refractivity contribution in [2.75, 3.05) is 0 Å². The van der Waals surface area contributed by atoms with Gasteiger partial charge in [-0.25, -0.2) is 4.39 Å². The van der Waals surface area contributed by atoms with Crippen molar-refractivity contribution < 1.29 is 9.18 Å². The highest BCUT2D eigenvalue weighted by Gasteiger charge is 2.12. The Morgan fingerprint density at radius 2 is 2.19 bits per heavy atom. The summed E-state index contributed by atoms with van der Waals surface area (Å²) in [6.07, 6.45) is 5.86. The van der Waals surface area contributed by atoms with Crippen molar-refractivity contribution >= 4 is 6.29 Å². The Bertz CT molecular complexity index is 791. The molecule has 0 fully saturated rings. The smallest absolute Gasteiger partial charge is 0.153 e. The van der Waals surface area contributed by atoms with E-state index in [-0.39, 0.29) is 5.82 Å². The minimum atomic E-state index is -0.289. The molecular weight excluding hydrogens is 271 g/mol. The topological polar surface area (TPSA) is 52.7 Å². The first kappa shape index (κ1) is 13.2. The number of benzene rings is 1. The van der Waals surface area contributed by atoms with Gasteiger partial charge in [0.25, 0.3) is 0 Å². The van der Waals surface area contributed by atoms with E-state index < -0.39 is 0 Å². The lowest BCUT2D eigenvalue weighted by atomic mass is 10.2. The van der Waals surface area contributed by atoms with Gasteiger partial charge in [0.05, 0.1) is 18.3 Å². The van der Waals surface area contributed by atoms with Crippen LogP contribution in [-0.2, 0) is 13.6 Å². The van der Waals surface area contributed by atoms with Gasteiger partial charge in [-0.15, -0.1) is 0 Å². The second kappa shape index (κ2) is 5.32. The lowest BCUT2D eigenvalue weighted by molar-refractivity contribution is 0.112. The van der Waals surface area contributed by atoms with Crippen molar-refractivity contribution in [2.24, 2.45) is 7.05 Å². The van der Waals surface area contributed by atoms with E-state index in [2.05, 4.69) is 10.2 Å². The van der Waals surface area contributed by atoms with Crippen molar-refractivity contribution in [1.29, 1.82) is 0 Å². The third-order valence-corrected chi connectivity index (χ3v) is 3.13. The van der Waals surface area contributed by atoms with Gasteiger partial charge in [-0.05, 0) is 17.7 Å². The fourth-order valence-corrected chi connectivity index (χ4v) is 2.19. The average Bonchev–Trinajstić information content (AvgIpc) is 3.05. The lowest BCUT2D eigenvalue weighted by Crippen LogP contribution is -2.00. The normalized spacial score (nSPS) is 10.8. The van der Waals surface area contributed by atoms with Crippen LogP contribution in [0.15, 0.2) is 42.9 Å². The van der Waals surface area contributed by atoms with E-state index in [1.807, 2.05) is 6.07 Å². The number of carbonyl (C=O) groups excluding carboxylic acids is 1. The molecule has 0 spiro atoms. The van der Waals surface area contributed by atoms with Crippen LogP contribution < -0.4 is 0 Å².